The summed E-state index contributed by atoms with van der Waals surface area (Å²) in [5, 5.41) is 12.5. The fourth-order valence-corrected chi connectivity index (χ4v) is 6.86. The lowest BCUT2D eigenvalue weighted by atomic mass is 9.94. The third-order valence-electron chi connectivity index (χ3n) is 7.98. The van der Waals surface area contributed by atoms with Gasteiger partial charge in [0.1, 0.15) is 17.3 Å². The van der Waals surface area contributed by atoms with Crippen LogP contribution in [0.25, 0.3) is 22.0 Å². The minimum atomic E-state index is -0.220. The highest BCUT2D eigenvalue weighted by Gasteiger charge is 2.26. The molecule has 2 amide bonds. The van der Waals surface area contributed by atoms with Crippen LogP contribution >= 0.6 is 11.3 Å². The van der Waals surface area contributed by atoms with Crippen LogP contribution in [-0.4, -0.2) is 55.0 Å². The highest BCUT2D eigenvalue weighted by atomic mass is 32.1. The van der Waals surface area contributed by atoms with Crippen molar-refractivity contribution in [2.24, 2.45) is 17.8 Å². The number of carbonyl (C=O) groups excluding carboxylic acids is 2. The number of aromatic nitrogens is 1. The van der Waals surface area contributed by atoms with E-state index in [0.717, 1.165) is 58.4 Å². The summed E-state index contributed by atoms with van der Waals surface area (Å²) in [5.41, 5.74) is 11.2. The molecule has 0 radical (unpaired) electrons. The van der Waals surface area contributed by atoms with Crippen molar-refractivity contribution in [3.63, 3.8) is 0 Å². The molecule has 5 N–H and O–H groups in total. The van der Waals surface area contributed by atoms with E-state index in [2.05, 4.69) is 26.3 Å². The number of hydrogen-bond acceptors (Lipinski definition) is 7. The SMILES string of the molecule is COc1cc(-c2csc3c2C(N)=NCC3/C=C/C(=O)NC2CCNCC2)ccc1NC(=O)c1cc2ccccc2n1C. The van der Waals surface area contributed by atoms with Gasteiger partial charge in [-0.25, -0.2) is 0 Å². The number of amides is 2. The molecule has 2 aliphatic rings. The molecule has 2 aromatic carbocycles. The largest absolute Gasteiger partial charge is 0.495 e. The van der Waals surface area contributed by atoms with Crippen LogP contribution in [0.1, 0.15) is 39.7 Å². The predicted octanol–water partition coefficient (Wildman–Crippen LogP) is 4.39. The van der Waals surface area contributed by atoms with Gasteiger partial charge in [0.15, 0.2) is 0 Å². The highest BCUT2D eigenvalue weighted by Crippen LogP contribution is 2.41. The zero-order valence-corrected chi connectivity index (χ0v) is 24.5. The van der Waals surface area contributed by atoms with Crippen LogP contribution in [0.5, 0.6) is 5.75 Å². The van der Waals surface area contributed by atoms with Gasteiger partial charge in [-0.3, -0.25) is 14.6 Å². The number of nitrogens with one attached hydrogen (secondary N) is 3. The van der Waals surface area contributed by atoms with E-state index in [0.29, 0.717) is 29.5 Å². The molecule has 0 spiro atoms. The van der Waals surface area contributed by atoms with Crippen molar-refractivity contribution in [2.45, 2.75) is 24.8 Å². The standard InChI is InChI=1S/C32H34N6O3S/c1-38-25-6-4-3-5-20(25)15-26(38)32(40)37-24-9-7-19(16-27(24)41-2)23-18-42-30-21(17-35-31(33)29(23)30)8-10-28(39)36-22-11-13-34-14-12-22/h3-10,15-16,18,21-22,34H,11-14,17H2,1-2H3,(H2,33,35)(H,36,39)(H,37,40)/b10-8+. The molecule has 1 saturated heterocycles. The molecule has 9 nitrogen and oxygen atoms in total. The second-order valence-corrected chi connectivity index (χ2v) is 11.5. The van der Waals surface area contributed by atoms with E-state index in [9.17, 15) is 9.59 Å². The molecular formula is C32H34N6O3S. The molecule has 1 unspecified atom stereocenters. The first-order chi connectivity index (χ1) is 20.4. The Bertz CT molecular complexity index is 1710. The Labute approximate surface area is 248 Å². The molecule has 1 atom stereocenters. The zero-order chi connectivity index (χ0) is 29.2. The number of amidine groups is 1. The number of methoxy groups -OCH3 is 1. The molecule has 0 bridgehead atoms. The molecule has 0 saturated carbocycles. The lowest BCUT2D eigenvalue weighted by molar-refractivity contribution is -0.117. The summed E-state index contributed by atoms with van der Waals surface area (Å²) >= 11 is 1.61. The van der Waals surface area contributed by atoms with Gasteiger partial charge in [-0.1, -0.05) is 30.3 Å². The van der Waals surface area contributed by atoms with E-state index < -0.39 is 0 Å². The number of anilines is 1. The molecule has 4 aromatic rings. The molecule has 2 aliphatic heterocycles. The fourth-order valence-electron chi connectivity index (χ4n) is 5.70. The first-order valence-electron chi connectivity index (χ1n) is 14.1. The van der Waals surface area contributed by atoms with Crippen LogP contribution in [0, 0.1) is 0 Å². The number of para-hydroxylation sites is 1. The van der Waals surface area contributed by atoms with Gasteiger partial charge in [-0.2, -0.15) is 0 Å². The van der Waals surface area contributed by atoms with Crippen molar-refractivity contribution in [3.8, 4) is 16.9 Å². The van der Waals surface area contributed by atoms with Crippen LogP contribution in [0.15, 0.2) is 71.1 Å². The quantitative estimate of drug-likeness (QED) is 0.241. The first kappa shape index (κ1) is 27.7. The number of fused-ring (bicyclic) bond motifs is 2. The number of thiophene rings is 1. The summed E-state index contributed by atoms with van der Waals surface area (Å²) < 4.78 is 7.57. The third kappa shape index (κ3) is 5.43. The maximum absolute atomic E-state index is 13.2. The number of nitrogens with two attached hydrogens (primary N) is 1. The lowest BCUT2D eigenvalue weighted by Crippen LogP contribution is -2.42. The van der Waals surface area contributed by atoms with Crippen molar-refractivity contribution in [3.05, 3.63) is 82.2 Å². The Kier molecular flexibility index (Phi) is 7.82. The Balaban J connectivity index is 1.22. The number of piperidine rings is 1. The number of carbonyl (C=O) groups is 2. The van der Waals surface area contributed by atoms with Gasteiger partial charge in [-0.15, -0.1) is 11.3 Å². The number of aryl methyl sites for hydroxylation is 1. The maximum Gasteiger partial charge on any atom is 0.272 e. The van der Waals surface area contributed by atoms with Crippen LogP contribution in [0.2, 0.25) is 0 Å². The first-order valence-corrected chi connectivity index (χ1v) is 15.0. The van der Waals surface area contributed by atoms with Gasteiger partial charge >= 0.3 is 0 Å². The number of nitrogens with zero attached hydrogens (tertiary/aromatic N) is 2. The molecule has 4 heterocycles. The second-order valence-electron chi connectivity index (χ2n) is 10.6. The van der Waals surface area contributed by atoms with Gasteiger partial charge in [0.2, 0.25) is 5.91 Å². The maximum atomic E-state index is 13.2. The summed E-state index contributed by atoms with van der Waals surface area (Å²) in [4.78, 5) is 31.5. The average Bonchev–Trinajstić information content (AvgIpc) is 3.60. The summed E-state index contributed by atoms with van der Waals surface area (Å²) in [6.45, 7) is 2.35. The molecule has 2 aromatic heterocycles. The zero-order valence-electron chi connectivity index (χ0n) is 23.6. The molecule has 10 heteroatoms. The van der Waals surface area contributed by atoms with Crippen molar-refractivity contribution >= 4 is 45.6 Å². The minimum absolute atomic E-state index is 0.0360. The highest BCUT2D eigenvalue weighted by molar-refractivity contribution is 7.11. The van der Waals surface area contributed by atoms with E-state index >= 15 is 0 Å². The predicted molar refractivity (Wildman–Crippen MR) is 169 cm³/mol. The number of ether oxygens (including phenoxy) is 1. The van der Waals surface area contributed by atoms with Gasteiger partial charge < -0.3 is 31.0 Å². The van der Waals surface area contributed by atoms with Crippen LogP contribution in [0.3, 0.4) is 0 Å². The molecule has 1 fully saturated rings. The Hall–Kier alpha value is -4.41. The second kappa shape index (κ2) is 11.8. The van der Waals surface area contributed by atoms with Gasteiger partial charge in [0, 0.05) is 45.9 Å². The van der Waals surface area contributed by atoms with Crippen molar-refractivity contribution in [2.75, 3.05) is 32.1 Å². The van der Waals surface area contributed by atoms with Gasteiger partial charge in [0.25, 0.3) is 5.91 Å². The number of hydrogen-bond donors (Lipinski definition) is 4. The molecule has 42 heavy (non-hydrogen) atoms. The van der Waals surface area contributed by atoms with E-state index in [1.54, 1.807) is 24.5 Å². The number of benzene rings is 2. The molecule has 0 aliphatic carbocycles. The Morgan fingerprint density at radius 3 is 2.76 bits per heavy atom. The summed E-state index contributed by atoms with van der Waals surface area (Å²) in [5.74, 6) is 0.691. The van der Waals surface area contributed by atoms with Gasteiger partial charge in [0.05, 0.1) is 19.3 Å². The van der Waals surface area contributed by atoms with Crippen LogP contribution in [0.4, 0.5) is 5.69 Å². The van der Waals surface area contributed by atoms with E-state index in [4.69, 9.17) is 10.5 Å². The summed E-state index contributed by atoms with van der Waals surface area (Å²) in [6.07, 6.45) is 5.44. The third-order valence-corrected chi connectivity index (χ3v) is 9.10. The van der Waals surface area contributed by atoms with E-state index in [-0.39, 0.29) is 23.8 Å². The summed E-state index contributed by atoms with van der Waals surface area (Å²) in [7, 11) is 3.47. The molecular weight excluding hydrogens is 548 g/mol. The van der Waals surface area contributed by atoms with Crippen LogP contribution in [-0.2, 0) is 11.8 Å². The van der Waals surface area contributed by atoms with E-state index in [1.807, 2.05) is 66.2 Å². The van der Waals surface area contributed by atoms with Crippen molar-refractivity contribution in [1.29, 1.82) is 0 Å². The Morgan fingerprint density at radius 1 is 1.17 bits per heavy atom. The summed E-state index contributed by atoms with van der Waals surface area (Å²) in [6, 6.07) is 15.7. The minimum Gasteiger partial charge on any atom is -0.495 e. The smallest absolute Gasteiger partial charge is 0.272 e. The number of aliphatic imine (C=N–C) groups is 1. The van der Waals surface area contributed by atoms with E-state index in [1.165, 1.54) is 0 Å². The van der Waals surface area contributed by atoms with Crippen molar-refractivity contribution < 1.29 is 14.3 Å². The Morgan fingerprint density at radius 2 is 1.98 bits per heavy atom. The monoisotopic (exact) mass is 582 g/mol. The van der Waals surface area contributed by atoms with Crippen LogP contribution < -0.4 is 26.4 Å². The topological polar surface area (TPSA) is 123 Å². The average molecular weight is 583 g/mol. The van der Waals surface area contributed by atoms with Crippen molar-refractivity contribution in [1.82, 2.24) is 15.2 Å². The fraction of sp³-hybridized carbons (Fsp3) is 0.281. The van der Waals surface area contributed by atoms with Gasteiger partial charge in [-0.05, 0) is 67.2 Å². The molecule has 6 rings (SSSR count). The molecule has 216 valence electrons. The normalized spacial score (nSPS) is 17.2. The number of rotatable bonds is 7. The lowest BCUT2D eigenvalue weighted by Gasteiger charge is -2.23.